The van der Waals surface area contributed by atoms with Crippen LogP contribution in [0.25, 0.3) is 0 Å². The van der Waals surface area contributed by atoms with Crippen LogP contribution in [0.2, 0.25) is 5.02 Å². The summed E-state index contributed by atoms with van der Waals surface area (Å²) in [5.41, 5.74) is 1.63. The number of aryl methyl sites for hydroxylation is 1. The number of amides is 1. The largest absolute Gasteiger partial charge is 0.467 e. The molecule has 0 spiro atoms. The van der Waals surface area contributed by atoms with Crippen molar-refractivity contribution >= 4 is 27.5 Å². The SMILES string of the molecule is Cc1ccc(S(=O)(=O)N(CC(=O)NCc2ccco2)Cc2cccc(Cl)c2)cc1. The van der Waals surface area contributed by atoms with Gasteiger partial charge in [-0.05, 0) is 48.9 Å². The van der Waals surface area contributed by atoms with Gasteiger partial charge >= 0.3 is 0 Å². The average molecular weight is 433 g/mol. The van der Waals surface area contributed by atoms with Gasteiger partial charge in [0.2, 0.25) is 15.9 Å². The van der Waals surface area contributed by atoms with Gasteiger partial charge in [-0.2, -0.15) is 4.31 Å². The number of hydrogen-bond donors (Lipinski definition) is 1. The maximum absolute atomic E-state index is 13.2. The number of nitrogens with one attached hydrogen (secondary N) is 1. The van der Waals surface area contributed by atoms with Crippen molar-refractivity contribution in [3.63, 3.8) is 0 Å². The molecule has 152 valence electrons. The fraction of sp³-hybridized carbons (Fsp3) is 0.190. The molecule has 1 amide bonds. The van der Waals surface area contributed by atoms with Crippen molar-refractivity contribution in [1.29, 1.82) is 0 Å². The highest BCUT2D eigenvalue weighted by atomic mass is 35.5. The normalized spacial score (nSPS) is 11.6. The third-order valence-corrected chi connectivity index (χ3v) is 6.31. The van der Waals surface area contributed by atoms with E-state index in [1.165, 1.54) is 18.4 Å². The lowest BCUT2D eigenvalue weighted by atomic mass is 10.2. The van der Waals surface area contributed by atoms with E-state index in [1.807, 2.05) is 6.92 Å². The summed E-state index contributed by atoms with van der Waals surface area (Å²) in [6.45, 7) is 1.75. The number of nitrogens with zero attached hydrogens (tertiary/aromatic N) is 1. The molecule has 0 aliphatic heterocycles. The molecule has 1 N–H and O–H groups in total. The highest BCUT2D eigenvalue weighted by molar-refractivity contribution is 7.89. The molecule has 0 aliphatic carbocycles. The molecular formula is C21H21ClN2O4S. The minimum Gasteiger partial charge on any atom is -0.467 e. The Bertz CT molecular complexity index is 1060. The monoisotopic (exact) mass is 432 g/mol. The molecule has 0 radical (unpaired) electrons. The van der Waals surface area contributed by atoms with Crippen LogP contribution in [0.4, 0.5) is 0 Å². The summed E-state index contributed by atoms with van der Waals surface area (Å²) in [7, 11) is -3.89. The van der Waals surface area contributed by atoms with E-state index in [1.54, 1.807) is 48.5 Å². The fourth-order valence-electron chi connectivity index (χ4n) is 2.74. The zero-order valence-electron chi connectivity index (χ0n) is 15.8. The summed E-state index contributed by atoms with van der Waals surface area (Å²) in [5, 5.41) is 3.18. The van der Waals surface area contributed by atoms with Gasteiger partial charge in [0.25, 0.3) is 0 Å². The van der Waals surface area contributed by atoms with E-state index >= 15 is 0 Å². The van der Waals surface area contributed by atoms with E-state index in [0.717, 1.165) is 9.87 Å². The van der Waals surface area contributed by atoms with Crippen molar-refractivity contribution in [2.24, 2.45) is 0 Å². The van der Waals surface area contributed by atoms with Crippen LogP contribution < -0.4 is 5.32 Å². The molecule has 0 unspecified atom stereocenters. The van der Waals surface area contributed by atoms with Crippen LogP contribution >= 0.6 is 11.6 Å². The zero-order chi connectivity index (χ0) is 20.9. The Labute approximate surface area is 175 Å². The van der Waals surface area contributed by atoms with E-state index in [9.17, 15) is 13.2 Å². The van der Waals surface area contributed by atoms with Crippen molar-refractivity contribution in [3.8, 4) is 0 Å². The topological polar surface area (TPSA) is 79.6 Å². The Morgan fingerprint density at radius 2 is 1.86 bits per heavy atom. The molecule has 0 fully saturated rings. The molecule has 0 bridgehead atoms. The van der Waals surface area contributed by atoms with Gasteiger partial charge in [0.05, 0.1) is 24.2 Å². The minimum absolute atomic E-state index is 0.0188. The Morgan fingerprint density at radius 3 is 2.52 bits per heavy atom. The molecule has 8 heteroatoms. The number of sulfonamides is 1. The third kappa shape index (κ3) is 5.69. The Balaban J connectivity index is 1.82. The maximum Gasteiger partial charge on any atom is 0.243 e. The molecule has 0 saturated carbocycles. The van der Waals surface area contributed by atoms with Crippen molar-refractivity contribution in [1.82, 2.24) is 9.62 Å². The van der Waals surface area contributed by atoms with Gasteiger partial charge in [-0.3, -0.25) is 4.79 Å². The van der Waals surface area contributed by atoms with E-state index in [0.29, 0.717) is 16.3 Å². The second-order valence-electron chi connectivity index (χ2n) is 6.57. The summed E-state index contributed by atoms with van der Waals surface area (Å²) < 4.78 is 32.7. The fourth-order valence-corrected chi connectivity index (χ4v) is 4.34. The van der Waals surface area contributed by atoms with Crippen LogP contribution in [0.3, 0.4) is 0 Å². The Morgan fingerprint density at radius 1 is 1.10 bits per heavy atom. The van der Waals surface area contributed by atoms with Crippen LogP contribution in [-0.4, -0.2) is 25.2 Å². The summed E-state index contributed by atoms with van der Waals surface area (Å²) in [4.78, 5) is 12.6. The minimum atomic E-state index is -3.89. The number of halogens is 1. The Hall–Kier alpha value is -2.61. The van der Waals surface area contributed by atoms with Crippen LogP contribution in [0.5, 0.6) is 0 Å². The van der Waals surface area contributed by atoms with E-state index < -0.39 is 15.9 Å². The van der Waals surface area contributed by atoms with Gasteiger partial charge in [0.15, 0.2) is 0 Å². The predicted octanol–water partition coefficient (Wildman–Crippen LogP) is 3.75. The lowest BCUT2D eigenvalue weighted by Crippen LogP contribution is -2.40. The first-order valence-corrected chi connectivity index (χ1v) is 10.8. The predicted molar refractivity (Wildman–Crippen MR) is 111 cm³/mol. The highest BCUT2D eigenvalue weighted by Crippen LogP contribution is 2.20. The van der Waals surface area contributed by atoms with E-state index in [2.05, 4.69) is 5.32 Å². The highest BCUT2D eigenvalue weighted by Gasteiger charge is 2.27. The second kappa shape index (κ2) is 9.26. The molecule has 0 aliphatic rings. The first-order valence-electron chi connectivity index (χ1n) is 8.95. The standard InChI is InChI=1S/C21H21ClN2O4S/c1-16-7-9-20(10-8-16)29(26,27)24(14-17-4-2-5-18(22)12-17)15-21(25)23-13-19-6-3-11-28-19/h2-12H,13-15H2,1H3,(H,23,25). The maximum atomic E-state index is 13.2. The van der Waals surface area contributed by atoms with Gasteiger partial charge in [0.1, 0.15) is 5.76 Å². The molecule has 1 heterocycles. The summed E-state index contributed by atoms with van der Waals surface area (Å²) in [5.74, 6) is 0.153. The third-order valence-electron chi connectivity index (χ3n) is 4.27. The number of rotatable bonds is 8. The zero-order valence-corrected chi connectivity index (χ0v) is 17.4. The van der Waals surface area contributed by atoms with Crippen LogP contribution in [-0.2, 0) is 27.9 Å². The van der Waals surface area contributed by atoms with Gasteiger partial charge in [-0.15, -0.1) is 0 Å². The lowest BCUT2D eigenvalue weighted by Gasteiger charge is -2.22. The first kappa shape index (κ1) is 21.1. The molecular weight excluding hydrogens is 412 g/mol. The van der Waals surface area contributed by atoms with Gasteiger partial charge in [-0.25, -0.2) is 8.42 Å². The number of carbonyl (C=O) groups is 1. The first-order chi connectivity index (χ1) is 13.8. The number of hydrogen-bond acceptors (Lipinski definition) is 4. The van der Waals surface area contributed by atoms with Crippen LogP contribution in [0.1, 0.15) is 16.9 Å². The van der Waals surface area contributed by atoms with Gasteiger partial charge in [-0.1, -0.05) is 41.4 Å². The molecule has 0 saturated heterocycles. The molecule has 1 aromatic heterocycles. The van der Waals surface area contributed by atoms with E-state index in [4.69, 9.17) is 16.0 Å². The molecule has 0 atom stereocenters. The van der Waals surface area contributed by atoms with Gasteiger partial charge < -0.3 is 9.73 Å². The van der Waals surface area contributed by atoms with Crippen molar-refractivity contribution in [2.75, 3.05) is 6.54 Å². The van der Waals surface area contributed by atoms with Gasteiger partial charge in [0, 0.05) is 11.6 Å². The summed E-state index contributed by atoms with van der Waals surface area (Å²) in [6, 6.07) is 16.9. The quantitative estimate of drug-likeness (QED) is 0.588. The summed E-state index contributed by atoms with van der Waals surface area (Å²) >= 11 is 6.03. The van der Waals surface area contributed by atoms with E-state index in [-0.39, 0.29) is 24.5 Å². The molecule has 6 nitrogen and oxygen atoms in total. The molecule has 3 rings (SSSR count). The van der Waals surface area contributed by atoms with Crippen LogP contribution in [0.15, 0.2) is 76.2 Å². The number of benzene rings is 2. The Kier molecular flexibility index (Phi) is 6.74. The van der Waals surface area contributed by atoms with Crippen molar-refractivity contribution < 1.29 is 17.6 Å². The smallest absolute Gasteiger partial charge is 0.243 e. The lowest BCUT2D eigenvalue weighted by molar-refractivity contribution is -0.121. The molecule has 29 heavy (non-hydrogen) atoms. The molecule has 3 aromatic rings. The van der Waals surface area contributed by atoms with Crippen molar-refractivity contribution in [3.05, 3.63) is 88.8 Å². The van der Waals surface area contributed by atoms with Crippen molar-refractivity contribution in [2.45, 2.75) is 24.9 Å². The molecule has 2 aromatic carbocycles. The second-order valence-corrected chi connectivity index (χ2v) is 8.95. The summed E-state index contributed by atoms with van der Waals surface area (Å²) in [6.07, 6.45) is 1.51. The van der Waals surface area contributed by atoms with Crippen LogP contribution in [0, 0.1) is 6.92 Å². The number of furan rings is 1. The average Bonchev–Trinajstić information content (AvgIpc) is 3.20. The number of carbonyl (C=O) groups excluding carboxylic acids is 1.